The Bertz CT molecular complexity index is 5970. The van der Waals surface area contributed by atoms with Crippen molar-refractivity contribution < 1.29 is 150 Å². The Kier molecular flexibility index (Phi) is 28.9. The van der Waals surface area contributed by atoms with Gasteiger partial charge in [0.15, 0.2) is 47.0 Å². The molecule has 20 N–H and O–H groups in total. The Labute approximate surface area is 698 Å². The number of amides is 4. The van der Waals surface area contributed by atoms with Crippen LogP contribution in [-0.2, 0) is 82.2 Å². The highest BCUT2D eigenvalue weighted by Gasteiger charge is 2.53. The number of hydrogen-bond acceptors (Lipinski definition) is 36. The summed E-state index contributed by atoms with van der Waals surface area (Å²) in [4.78, 5) is 199. The molecule has 4 amide bonds. The largest absolute Gasteiger partial charge is 0.490 e. The van der Waals surface area contributed by atoms with Crippen LogP contribution in [-0.4, -0.2) is 213 Å². The number of imidazole rings is 2. The molecule has 124 heavy (non-hydrogen) atoms. The fraction of sp³-hybridized carbons (Fsp3) is 0.515. The number of phosphoric ester groups is 2. The van der Waals surface area contributed by atoms with Crippen LogP contribution in [0.2, 0.25) is 0 Å². The smallest absolute Gasteiger partial charge is 0.440 e. The molecule has 0 aliphatic carbocycles. The summed E-state index contributed by atoms with van der Waals surface area (Å²) < 4.78 is 130. The number of carbonyl (C=O) groups is 4. The predicted molar refractivity (Wildman–Crippen MR) is 429 cm³/mol. The summed E-state index contributed by atoms with van der Waals surface area (Å²) in [5, 5.41) is 34.3. The second-order valence-electron chi connectivity index (χ2n) is 30.4. The molecule has 0 spiro atoms. The molecule has 0 bridgehead atoms. The van der Waals surface area contributed by atoms with Crippen molar-refractivity contribution in [3.63, 3.8) is 0 Å². The first-order valence-corrected chi connectivity index (χ1v) is 46.5. The molecule has 2 aromatic carbocycles. The molecule has 10 heterocycles. The van der Waals surface area contributed by atoms with Crippen molar-refractivity contribution in [1.82, 2.24) is 60.3 Å². The van der Waals surface area contributed by atoms with E-state index >= 15 is 0 Å². The van der Waals surface area contributed by atoms with E-state index in [2.05, 4.69) is 141 Å². The number of H-pyrrole nitrogens is 2. The summed E-state index contributed by atoms with van der Waals surface area (Å²) >= 11 is 0. The molecule has 8 aromatic rings. The van der Waals surface area contributed by atoms with Crippen LogP contribution < -0.4 is 64.9 Å². The van der Waals surface area contributed by atoms with Crippen LogP contribution in [0, 0.1) is 13.8 Å². The number of carbonyl (C=O) groups excluding carboxylic acids is 4. The third kappa shape index (κ3) is 23.6. The van der Waals surface area contributed by atoms with Gasteiger partial charge in [0.05, 0.1) is 25.9 Å². The highest BCUT2D eigenvalue weighted by Crippen LogP contribution is 2.68. The van der Waals surface area contributed by atoms with E-state index in [1.807, 2.05) is 26.0 Å². The first-order valence-electron chi connectivity index (χ1n) is 37.5. The summed E-state index contributed by atoms with van der Waals surface area (Å²) in [5.41, 5.74) is 14.2. The van der Waals surface area contributed by atoms with Gasteiger partial charge in [0, 0.05) is 110 Å². The number of aromatic nitrogens is 8. The molecule has 680 valence electrons. The Morgan fingerprint density at radius 2 is 0.919 bits per heavy atom. The molecule has 52 nitrogen and oxygen atoms in total. The van der Waals surface area contributed by atoms with Crippen LogP contribution in [0.25, 0.3) is 44.3 Å². The summed E-state index contributed by atoms with van der Waals surface area (Å²) in [7, 11) is -34.5. The van der Waals surface area contributed by atoms with E-state index in [4.69, 9.17) is 58.8 Å². The highest BCUT2D eigenvalue weighted by atomic mass is 31.3. The number of anilines is 4. The van der Waals surface area contributed by atoms with E-state index in [9.17, 15) is 95.5 Å². The number of ether oxygens (including phenoxy) is 4. The number of nitrogen functional groups attached to an aromatic ring is 2. The maximum Gasteiger partial charge on any atom is 0.490 e. The van der Waals surface area contributed by atoms with E-state index in [0.717, 1.165) is 79.0 Å². The normalized spacial score (nSPS) is 23.1. The number of aromatic amines is 2. The summed E-state index contributed by atoms with van der Waals surface area (Å²) in [6, 6.07) is 10.8. The van der Waals surface area contributed by atoms with Gasteiger partial charge in [0.2, 0.25) is 23.7 Å². The molecular weight excluding hydrogens is 1780 g/mol. The van der Waals surface area contributed by atoms with Crippen molar-refractivity contribution >= 4 is 138 Å². The van der Waals surface area contributed by atoms with E-state index in [1.54, 1.807) is 0 Å². The first-order chi connectivity index (χ1) is 57.7. The average Bonchev–Trinajstić information content (AvgIpc) is 1.06. The van der Waals surface area contributed by atoms with Gasteiger partial charge < -0.3 is 120 Å². The number of nitrogens with one attached hydrogen (secondary N) is 6. The lowest BCUT2D eigenvalue weighted by Gasteiger charge is -2.47. The van der Waals surface area contributed by atoms with Crippen LogP contribution in [0.5, 0.6) is 0 Å². The van der Waals surface area contributed by atoms with E-state index in [0.29, 0.717) is 37.1 Å². The Morgan fingerprint density at radius 3 is 1.34 bits per heavy atom. The monoisotopic (exact) mass is 1870 g/mol. The lowest BCUT2D eigenvalue weighted by Crippen LogP contribution is -2.49. The average molecular weight is 1870 g/mol. The molecule has 12 rings (SSSR count). The second-order valence-corrected chi connectivity index (χ2v) is 39.2. The van der Waals surface area contributed by atoms with Gasteiger partial charge in [0.25, 0.3) is 11.1 Å². The molecular formula is C66H90N16O36P6. The highest BCUT2D eigenvalue weighted by molar-refractivity contribution is 7.67. The zero-order valence-electron chi connectivity index (χ0n) is 66.8. The Hall–Kier alpha value is -9.10. The predicted octanol–water partition coefficient (Wildman–Crippen LogP) is 3.00. The van der Waals surface area contributed by atoms with E-state index in [-0.39, 0.29) is 108 Å². The zero-order chi connectivity index (χ0) is 91.1. The molecule has 4 aliphatic rings. The summed E-state index contributed by atoms with van der Waals surface area (Å²) in [5.74, 6) is -0.854. The first kappa shape index (κ1) is 95.6. The number of benzene rings is 2. The van der Waals surface area contributed by atoms with Crippen LogP contribution in [0.4, 0.5) is 32.9 Å². The van der Waals surface area contributed by atoms with Crippen molar-refractivity contribution in [2.45, 2.75) is 166 Å². The lowest BCUT2D eigenvalue weighted by molar-refractivity contribution is -0.121. The van der Waals surface area contributed by atoms with Crippen molar-refractivity contribution in [3.8, 4) is 0 Å². The minimum absolute atomic E-state index is 0.0398. The third-order valence-electron chi connectivity index (χ3n) is 20.1. The Morgan fingerprint density at radius 1 is 0.532 bits per heavy atom. The number of nitrogens with two attached hydrogens (primary N) is 2. The topological polar surface area (TPSA) is 760 Å². The van der Waals surface area contributed by atoms with Crippen LogP contribution in [0.1, 0.15) is 127 Å². The molecule has 0 saturated carbocycles. The zero-order valence-corrected chi connectivity index (χ0v) is 72.2. The molecule has 0 radical (unpaired) electrons. The minimum atomic E-state index is -5.90. The number of aliphatic hydroxyl groups is 2. The number of nitrogens with zero attached hydrogens (tertiary/aromatic N) is 8. The van der Waals surface area contributed by atoms with Gasteiger partial charge >= 0.3 is 70.4 Å². The lowest BCUT2D eigenvalue weighted by atomic mass is 9.79. The fourth-order valence-corrected chi connectivity index (χ4v) is 21.2. The van der Waals surface area contributed by atoms with Crippen molar-refractivity contribution in [3.05, 3.63) is 113 Å². The Balaban J connectivity index is 0.000000241. The molecule has 58 heteroatoms. The van der Waals surface area contributed by atoms with E-state index < -0.39 is 144 Å². The van der Waals surface area contributed by atoms with Gasteiger partial charge in [-0.15, -0.1) is 0 Å². The SMILES string of the molecule is Cc1cc(=O)oc2cc3c(cc12)C(C)CC(C)(C)N3CCCC(=O)NCCNC(=O)O[C@@H]1[C@H](O)[C@@H](COP(=O)(O)OP(=O)(O)OP(=O)(O)O)O[C@H]1n1cnc2c(=O)[nH]c(N)nc21.Cc1cc(=O)oc2cc3c(cc12)C(C)CC(C)(C)N3CCCC(=O)NCCNC(=O)O[C@H]1[C@@H](O)[C@H](n2cnc3c(=O)[nH]c(N)nc32)O[C@@H]1COP(=O)(O)OP(=O)(O)OP(=O)(O)O. The van der Waals surface area contributed by atoms with Crippen molar-refractivity contribution in [1.29, 1.82) is 0 Å². The molecule has 2 fully saturated rings. The number of aryl methyl sites for hydroxylation is 2. The van der Waals surface area contributed by atoms with Gasteiger partial charge in [-0.25, -0.2) is 56.5 Å². The molecule has 2 saturated heterocycles. The van der Waals surface area contributed by atoms with Gasteiger partial charge in [0.1, 0.15) is 35.6 Å². The minimum Gasteiger partial charge on any atom is -0.440 e. The van der Waals surface area contributed by atoms with Gasteiger partial charge in [-0.2, -0.15) is 27.2 Å². The van der Waals surface area contributed by atoms with Crippen LogP contribution >= 0.6 is 46.9 Å². The maximum absolute atomic E-state index is 13.0. The maximum atomic E-state index is 13.0. The van der Waals surface area contributed by atoms with E-state index in [1.165, 1.54) is 12.1 Å². The molecule has 4 aliphatic heterocycles. The van der Waals surface area contributed by atoms with Crippen LogP contribution in [0.15, 0.2) is 77.1 Å². The standard InChI is InChI=1S/2C33H45N8O18P3/c1-16-10-24(43)55-21-12-20-18(11-19(16)21)17(2)13-33(3,4)41(20)9-5-6-23(42)35-7-8-36-32(46)57-27-22(14-54-61(50,51)59-62(52,53)58-60(47,48)49)56-30(26(27)44)40-15-37-25-28(40)38-31(34)39-29(25)45;1-16-10-24(43)55-21-12-20-18(11-19(16)21)17(2)13-33(3,4)41(20)9-5-6-23(42)35-7-8-36-32(46)57-27-26(44)22(14-54-61(50,51)59-62(52,53)58-60(47,48)49)56-30(27)40-15-37-25-28(40)38-31(34)39-29(25)45/h2*10-12,15,17,22,26-27,30,44H,5-9,13-14H2,1-4H3,(H,35,42)(H,36,46)(H,50,51)(H,52,53)(H2,47,48,49)(H3,34,38,39,45)/t2*17?,22-,26-,27-,30-/m11/s1. The van der Waals surface area contributed by atoms with Crippen molar-refractivity contribution in [2.75, 3.05) is 73.7 Å². The fourth-order valence-electron chi connectivity index (χ4n) is 15.1. The van der Waals surface area contributed by atoms with Gasteiger partial charge in [-0.1, -0.05) is 13.8 Å². The van der Waals surface area contributed by atoms with Crippen LogP contribution in [0.3, 0.4) is 0 Å². The number of alkyl carbamates (subject to hydrolysis) is 2. The van der Waals surface area contributed by atoms with Gasteiger partial charge in [-0.05, 0) is 113 Å². The summed E-state index contributed by atoms with van der Waals surface area (Å²) in [6.45, 7) is 14.8. The van der Waals surface area contributed by atoms with Crippen molar-refractivity contribution in [2.24, 2.45) is 0 Å². The quantitative estimate of drug-likeness (QED) is 0.0164. The number of phosphoric acid groups is 6. The molecule has 6 unspecified atom stereocenters. The molecule has 6 aromatic heterocycles. The second kappa shape index (κ2) is 37.4. The third-order valence-corrected chi connectivity index (χ3v) is 27.7. The summed E-state index contributed by atoms with van der Waals surface area (Å²) in [6.07, 6.45) is -11.1. The number of fused-ring (bicyclic) bond motifs is 6. The number of aliphatic hydroxyl groups excluding tert-OH is 2. The molecule has 14 atom stereocenters. The number of rotatable bonds is 32. The number of hydrogen-bond donors (Lipinski definition) is 18. The van der Waals surface area contributed by atoms with Gasteiger partial charge in [-0.3, -0.25) is 47.3 Å².